The Labute approximate surface area is 122 Å². The van der Waals surface area contributed by atoms with Crippen LogP contribution in [0.2, 0.25) is 5.02 Å². The summed E-state index contributed by atoms with van der Waals surface area (Å²) in [6, 6.07) is 7.46. The molecule has 0 heterocycles. The van der Waals surface area contributed by atoms with Crippen LogP contribution in [-0.2, 0) is 0 Å². The summed E-state index contributed by atoms with van der Waals surface area (Å²) in [6.07, 6.45) is 0. The molecule has 0 amide bonds. The van der Waals surface area contributed by atoms with Crippen LogP contribution < -0.4 is 5.32 Å². The number of benzene rings is 2. The molecule has 0 saturated carbocycles. The first-order valence-electron chi connectivity index (χ1n) is 6.33. The summed E-state index contributed by atoms with van der Waals surface area (Å²) in [6.45, 7) is 3.98. The van der Waals surface area contributed by atoms with Crippen molar-refractivity contribution in [1.82, 2.24) is 5.32 Å². The molecule has 0 aliphatic heterocycles. The van der Waals surface area contributed by atoms with Gasteiger partial charge in [-0.2, -0.15) is 0 Å². The van der Waals surface area contributed by atoms with Crippen LogP contribution in [0.3, 0.4) is 0 Å². The largest absolute Gasteiger partial charge is 0.309 e. The molecule has 2 aromatic rings. The maximum Gasteiger partial charge on any atom is 0.159 e. The van der Waals surface area contributed by atoms with Gasteiger partial charge < -0.3 is 5.32 Å². The van der Waals surface area contributed by atoms with E-state index < -0.39 is 11.6 Å². The van der Waals surface area contributed by atoms with Gasteiger partial charge in [-0.15, -0.1) is 0 Å². The van der Waals surface area contributed by atoms with Crippen LogP contribution in [-0.4, -0.2) is 7.05 Å². The van der Waals surface area contributed by atoms with E-state index >= 15 is 0 Å². The second kappa shape index (κ2) is 5.90. The fourth-order valence-electron chi connectivity index (χ4n) is 2.22. The standard InChI is InChI=1S/C16H16ClF2N/c1-9-6-12(13(17)7-10(9)2)16(20-3)11-4-5-14(18)15(19)8-11/h4-8,16,20H,1-3H3. The Morgan fingerprint density at radius 3 is 2.25 bits per heavy atom. The summed E-state index contributed by atoms with van der Waals surface area (Å²) in [4.78, 5) is 0. The van der Waals surface area contributed by atoms with Gasteiger partial charge in [0.15, 0.2) is 11.6 Å². The van der Waals surface area contributed by atoms with E-state index in [1.807, 2.05) is 26.0 Å². The van der Waals surface area contributed by atoms with Gasteiger partial charge in [-0.1, -0.05) is 23.7 Å². The third-order valence-corrected chi connectivity index (χ3v) is 3.82. The fourth-order valence-corrected chi connectivity index (χ4v) is 2.55. The Balaban J connectivity index is 2.52. The van der Waals surface area contributed by atoms with Gasteiger partial charge in [0, 0.05) is 5.02 Å². The van der Waals surface area contributed by atoms with Crippen LogP contribution >= 0.6 is 11.6 Å². The van der Waals surface area contributed by atoms with Gasteiger partial charge in [0.05, 0.1) is 6.04 Å². The summed E-state index contributed by atoms with van der Waals surface area (Å²) in [5, 5.41) is 3.70. The summed E-state index contributed by atoms with van der Waals surface area (Å²) < 4.78 is 26.4. The Bertz CT molecular complexity index is 641. The van der Waals surface area contributed by atoms with Crippen molar-refractivity contribution in [2.45, 2.75) is 19.9 Å². The van der Waals surface area contributed by atoms with E-state index in [9.17, 15) is 8.78 Å². The van der Waals surface area contributed by atoms with Gasteiger partial charge in [-0.25, -0.2) is 8.78 Å². The average Bonchev–Trinajstić information content (AvgIpc) is 2.40. The van der Waals surface area contributed by atoms with Crippen LogP contribution in [0, 0.1) is 25.5 Å². The summed E-state index contributed by atoms with van der Waals surface area (Å²) in [7, 11) is 1.76. The van der Waals surface area contributed by atoms with Gasteiger partial charge in [-0.3, -0.25) is 0 Å². The molecule has 0 bridgehead atoms. The van der Waals surface area contributed by atoms with Crippen molar-refractivity contribution in [1.29, 1.82) is 0 Å². The van der Waals surface area contributed by atoms with Crippen molar-refractivity contribution in [2.24, 2.45) is 0 Å². The molecule has 0 saturated heterocycles. The van der Waals surface area contributed by atoms with Gasteiger partial charge in [-0.05, 0) is 61.3 Å². The first-order chi connectivity index (χ1) is 9.43. The van der Waals surface area contributed by atoms with Crippen LogP contribution in [0.4, 0.5) is 8.78 Å². The molecule has 0 aromatic heterocycles. The highest BCUT2D eigenvalue weighted by atomic mass is 35.5. The Hall–Kier alpha value is -1.45. The van der Waals surface area contributed by atoms with Crippen molar-refractivity contribution in [3.8, 4) is 0 Å². The molecule has 0 aliphatic carbocycles. The lowest BCUT2D eigenvalue weighted by Gasteiger charge is -2.20. The Morgan fingerprint density at radius 2 is 1.65 bits per heavy atom. The number of hydrogen-bond acceptors (Lipinski definition) is 1. The summed E-state index contributed by atoms with van der Waals surface area (Å²) in [5.74, 6) is -1.71. The minimum Gasteiger partial charge on any atom is -0.309 e. The first-order valence-corrected chi connectivity index (χ1v) is 6.70. The maximum absolute atomic E-state index is 13.4. The molecule has 106 valence electrons. The highest BCUT2D eigenvalue weighted by Crippen LogP contribution is 2.31. The molecular formula is C16H16ClF2N. The average molecular weight is 296 g/mol. The van der Waals surface area contributed by atoms with E-state index in [1.165, 1.54) is 6.07 Å². The molecule has 0 spiro atoms. The van der Waals surface area contributed by atoms with E-state index in [1.54, 1.807) is 13.1 Å². The third kappa shape index (κ3) is 2.84. The summed E-state index contributed by atoms with van der Waals surface area (Å²) >= 11 is 6.29. The minimum absolute atomic E-state index is 0.281. The van der Waals surface area contributed by atoms with Crippen molar-refractivity contribution in [3.63, 3.8) is 0 Å². The number of nitrogens with one attached hydrogen (secondary N) is 1. The van der Waals surface area contributed by atoms with Crippen LogP contribution in [0.15, 0.2) is 30.3 Å². The Kier molecular flexibility index (Phi) is 4.41. The normalized spacial score (nSPS) is 12.5. The molecule has 1 atom stereocenters. The van der Waals surface area contributed by atoms with Gasteiger partial charge >= 0.3 is 0 Å². The zero-order chi connectivity index (χ0) is 14.9. The predicted octanol–water partition coefficient (Wildman–Crippen LogP) is 4.54. The summed E-state index contributed by atoms with van der Waals surface area (Å²) in [5.41, 5.74) is 3.69. The highest BCUT2D eigenvalue weighted by Gasteiger charge is 2.17. The molecule has 1 N–H and O–H groups in total. The number of rotatable bonds is 3. The van der Waals surface area contributed by atoms with Crippen molar-refractivity contribution >= 4 is 11.6 Å². The molecular weight excluding hydrogens is 280 g/mol. The zero-order valence-electron chi connectivity index (χ0n) is 11.6. The third-order valence-electron chi connectivity index (χ3n) is 3.49. The fraction of sp³-hybridized carbons (Fsp3) is 0.250. The van der Waals surface area contributed by atoms with Crippen LogP contribution in [0.1, 0.15) is 28.3 Å². The second-order valence-electron chi connectivity index (χ2n) is 4.85. The predicted molar refractivity (Wildman–Crippen MR) is 78.2 cm³/mol. The number of halogens is 3. The van der Waals surface area contributed by atoms with Crippen LogP contribution in [0.25, 0.3) is 0 Å². The van der Waals surface area contributed by atoms with Crippen molar-refractivity contribution in [2.75, 3.05) is 7.05 Å². The van der Waals surface area contributed by atoms with E-state index in [0.717, 1.165) is 22.8 Å². The highest BCUT2D eigenvalue weighted by molar-refractivity contribution is 6.31. The molecule has 0 aliphatic rings. The Morgan fingerprint density at radius 1 is 1.00 bits per heavy atom. The smallest absolute Gasteiger partial charge is 0.159 e. The molecule has 2 rings (SSSR count). The lowest BCUT2D eigenvalue weighted by molar-refractivity contribution is 0.505. The first kappa shape index (κ1) is 14.9. The lowest BCUT2D eigenvalue weighted by Crippen LogP contribution is -2.18. The molecule has 4 heteroatoms. The van der Waals surface area contributed by atoms with Crippen molar-refractivity contribution < 1.29 is 8.78 Å². The number of hydrogen-bond donors (Lipinski definition) is 1. The van der Waals surface area contributed by atoms with E-state index in [-0.39, 0.29) is 6.04 Å². The van der Waals surface area contributed by atoms with Crippen LogP contribution in [0.5, 0.6) is 0 Å². The SMILES string of the molecule is CNC(c1ccc(F)c(F)c1)c1cc(C)c(C)cc1Cl. The number of aryl methyl sites for hydroxylation is 2. The molecule has 2 aromatic carbocycles. The van der Waals surface area contributed by atoms with E-state index in [2.05, 4.69) is 5.32 Å². The maximum atomic E-state index is 13.4. The minimum atomic E-state index is -0.859. The molecule has 20 heavy (non-hydrogen) atoms. The van der Waals surface area contributed by atoms with Gasteiger partial charge in [0.1, 0.15) is 0 Å². The molecule has 0 fully saturated rings. The van der Waals surface area contributed by atoms with Gasteiger partial charge in [0.25, 0.3) is 0 Å². The lowest BCUT2D eigenvalue weighted by atomic mass is 9.95. The molecule has 0 radical (unpaired) electrons. The molecule has 1 unspecified atom stereocenters. The monoisotopic (exact) mass is 295 g/mol. The van der Waals surface area contributed by atoms with E-state index in [0.29, 0.717) is 10.6 Å². The van der Waals surface area contributed by atoms with E-state index in [4.69, 9.17) is 11.6 Å². The quantitative estimate of drug-likeness (QED) is 0.876. The zero-order valence-corrected chi connectivity index (χ0v) is 12.4. The topological polar surface area (TPSA) is 12.0 Å². The molecule has 1 nitrogen and oxygen atoms in total. The van der Waals surface area contributed by atoms with Crippen molar-refractivity contribution in [3.05, 3.63) is 69.2 Å². The van der Waals surface area contributed by atoms with Gasteiger partial charge in [0.2, 0.25) is 0 Å². The second-order valence-corrected chi connectivity index (χ2v) is 5.26.